The Morgan fingerprint density at radius 3 is 2.38 bits per heavy atom. The predicted molar refractivity (Wildman–Crippen MR) is 55.2 cm³/mol. The Bertz CT molecular complexity index is 226. The molecular formula is C8H20N2O2S. The lowest BCUT2D eigenvalue weighted by Crippen LogP contribution is -2.36. The molecule has 0 rings (SSSR count). The zero-order valence-corrected chi connectivity index (χ0v) is 9.69. The van der Waals surface area contributed by atoms with E-state index in [-0.39, 0.29) is 0 Å². The molecule has 0 aromatic heterocycles. The van der Waals surface area contributed by atoms with Crippen LogP contribution in [-0.2, 0) is 10.0 Å². The highest BCUT2D eigenvalue weighted by atomic mass is 32.2. The fourth-order valence-corrected chi connectivity index (χ4v) is 1.40. The molecule has 0 saturated carbocycles. The Morgan fingerprint density at radius 1 is 1.46 bits per heavy atom. The molecule has 0 fully saturated rings. The van der Waals surface area contributed by atoms with E-state index in [0.29, 0.717) is 12.6 Å². The Morgan fingerprint density at radius 2 is 2.00 bits per heavy atom. The normalized spacial score (nSPS) is 14.8. The van der Waals surface area contributed by atoms with Gasteiger partial charge in [-0.25, -0.2) is 13.1 Å². The van der Waals surface area contributed by atoms with Crippen LogP contribution in [0.3, 0.4) is 0 Å². The molecule has 0 aliphatic heterocycles. The largest absolute Gasteiger partial charge is 0.302 e. The van der Waals surface area contributed by atoms with Crippen LogP contribution in [0.5, 0.6) is 0 Å². The van der Waals surface area contributed by atoms with Crippen LogP contribution < -0.4 is 4.72 Å². The highest BCUT2D eigenvalue weighted by molar-refractivity contribution is 7.88. The summed E-state index contributed by atoms with van der Waals surface area (Å²) in [7, 11) is -1.03. The van der Waals surface area contributed by atoms with E-state index < -0.39 is 10.0 Å². The van der Waals surface area contributed by atoms with Crippen molar-refractivity contribution in [3.05, 3.63) is 0 Å². The molecule has 0 spiro atoms. The van der Waals surface area contributed by atoms with Gasteiger partial charge in [-0.2, -0.15) is 0 Å². The number of hydrogen-bond acceptors (Lipinski definition) is 3. The first-order chi connectivity index (χ1) is 5.87. The smallest absolute Gasteiger partial charge is 0.208 e. The summed E-state index contributed by atoms with van der Waals surface area (Å²) in [5.41, 5.74) is 0. The molecule has 0 amide bonds. The molecule has 0 aromatic carbocycles. The highest BCUT2D eigenvalue weighted by Gasteiger charge is 2.06. The summed E-state index contributed by atoms with van der Waals surface area (Å²) in [6, 6.07) is 0.501. The summed E-state index contributed by atoms with van der Waals surface area (Å²) < 4.78 is 23.9. The van der Waals surface area contributed by atoms with Gasteiger partial charge < -0.3 is 4.90 Å². The lowest BCUT2D eigenvalue weighted by molar-refractivity contribution is 0.256. The van der Waals surface area contributed by atoms with E-state index in [1.165, 1.54) is 6.26 Å². The van der Waals surface area contributed by atoms with Crippen LogP contribution in [-0.4, -0.2) is 45.8 Å². The lowest BCUT2D eigenvalue weighted by atomic mass is 10.2. The Hall–Kier alpha value is -0.130. The van der Waals surface area contributed by atoms with E-state index in [1.54, 1.807) is 0 Å². The molecule has 0 aliphatic rings. The molecular weight excluding hydrogens is 188 g/mol. The zero-order chi connectivity index (χ0) is 10.5. The molecule has 0 aliphatic carbocycles. The summed E-state index contributed by atoms with van der Waals surface area (Å²) >= 11 is 0. The molecule has 5 heteroatoms. The second-order valence-corrected chi connectivity index (χ2v) is 5.24. The molecule has 1 atom stereocenters. The number of nitrogens with one attached hydrogen (secondary N) is 1. The first kappa shape index (κ1) is 12.9. The van der Waals surface area contributed by atoms with E-state index in [4.69, 9.17) is 0 Å². The minimum atomic E-state index is -3.03. The molecule has 0 saturated heterocycles. The molecule has 0 aromatic rings. The molecule has 0 bridgehead atoms. The van der Waals surface area contributed by atoms with Gasteiger partial charge in [0.25, 0.3) is 0 Å². The average Bonchev–Trinajstić information content (AvgIpc) is 2.00. The van der Waals surface area contributed by atoms with Gasteiger partial charge in [-0.3, -0.25) is 0 Å². The predicted octanol–water partition coefficient (Wildman–Crippen LogP) is 0.266. The van der Waals surface area contributed by atoms with Crippen LogP contribution >= 0.6 is 0 Å². The van der Waals surface area contributed by atoms with Gasteiger partial charge in [-0.1, -0.05) is 6.92 Å². The number of sulfonamides is 1. The standard InChI is InChI=1S/C8H20N2O2S/c1-5-8(2)10(3)7-6-9-13(4,11)12/h8-9H,5-7H2,1-4H3. The second kappa shape index (κ2) is 5.57. The fourth-order valence-electron chi connectivity index (χ4n) is 0.939. The van der Waals surface area contributed by atoms with E-state index in [9.17, 15) is 8.42 Å². The molecule has 1 unspecified atom stereocenters. The highest BCUT2D eigenvalue weighted by Crippen LogP contribution is 1.98. The molecule has 80 valence electrons. The van der Waals surface area contributed by atoms with Crippen molar-refractivity contribution in [2.24, 2.45) is 0 Å². The van der Waals surface area contributed by atoms with Crippen LogP contribution in [0.25, 0.3) is 0 Å². The van der Waals surface area contributed by atoms with Crippen LogP contribution in [0, 0.1) is 0 Å². The van der Waals surface area contributed by atoms with Crippen LogP contribution in [0.1, 0.15) is 20.3 Å². The van der Waals surface area contributed by atoms with Crippen LogP contribution in [0.15, 0.2) is 0 Å². The Kier molecular flexibility index (Phi) is 5.51. The van der Waals surface area contributed by atoms with Crippen molar-refractivity contribution in [1.29, 1.82) is 0 Å². The molecule has 13 heavy (non-hydrogen) atoms. The van der Waals surface area contributed by atoms with Gasteiger partial charge in [-0.05, 0) is 20.4 Å². The third-order valence-electron chi connectivity index (χ3n) is 2.17. The van der Waals surface area contributed by atoms with Crippen molar-refractivity contribution in [3.8, 4) is 0 Å². The third-order valence-corrected chi connectivity index (χ3v) is 2.90. The van der Waals surface area contributed by atoms with Gasteiger partial charge >= 0.3 is 0 Å². The quantitative estimate of drug-likeness (QED) is 0.681. The molecule has 4 nitrogen and oxygen atoms in total. The maximum atomic E-state index is 10.7. The number of nitrogens with zero attached hydrogens (tertiary/aromatic N) is 1. The molecule has 1 N–H and O–H groups in total. The van der Waals surface area contributed by atoms with Crippen LogP contribution in [0.4, 0.5) is 0 Å². The molecule has 0 radical (unpaired) electrons. The van der Waals surface area contributed by atoms with E-state index in [1.807, 2.05) is 7.05 Å². The maximum Gasteiger partial charge on any atom is 0.208 e. The maximum absolute atomic E-state index is 10.7. The molecule has 0 heterocycles. The average molecular weight is 208 g/mol. The van der Waals surface area contributed by atoms with E-state index >= 15 is 0 Å². The fraction of sp³-hybridized carbons (Fsp3) is 1.00. The van der Waals surface area contributed by atoms with Gasteiger partial charge in [0, 0.05) is 19.1 Å². The second-order valence-electron chi connectivity index (χ2n) is 3.40. The van der Waals surface area contributed by atoms with Gasteiger partial charge in [0.15, 0.2) is 0 Å². The Balaban J connectivity index is 3.65. The van der Waals surface area contributed by atoms with Crippen molar-refractivity contribution in [2.75, 3.05) is 26.4 Å². The van der Waals surface area contributed by atoms with Gasteiger partial charge in [-0.15, -0.1) is 0 Å². The van der Waals surface area contributed by atoms with Gasteiger partial charge in [0.1, 0.15) is 0 Å². The SMILES string of the molecule is CCC(C)N(C)CCNS(C)(=O)=O. The summed E-state index contributed by atoms with van der Waals surface area (Å²) in [5, 5.41) is 0. The van der Waals surface area contributed by atoms with Crippen molar-refractivity contribution in [3.63, 3.8) is 0 Å². The number of hydrogen-bond donors (Lipinski definition) is 1. The first-order valence-corrected chi connectivity index (χ1v) is 6.41. The van der Waals surface area contributed by atoms with Gasteiger partial charge in [0.05, 0.1) is 6.26 Å². The van der Waals surface area contributed by atoms with Crippen molar-refractivity contribution >= 4 is 10.0 Å². The lowest BCUT2D eigenvalue weighted by Gasteiger charge is -2.23. The summed E-state index contributed by atoms with van der Waals surface area (Å²) in [6.07, 6.45) is 2.26. The van der Waals surface area contributed by atoms with Crippen molar-refractivity contribution in [1.82, 2.24) is 9.62 Å². The Labute approximate surface area is 81.4 Å². The summed E-state index contributed by atoms with van der Waals surface area (Å²) in [4.78, 5) is 2.14. The van der Waals surface area contributed by atoms with Gasteiger partial charge in [0.2, 0.25) is 10.0 Å². The third kappa shape index (κ3) is 6.98. The first-order valence-electron chi connectivity index (χ1n) is 4.51. The summed E-state index contributed by atoms with van der Waals surface area (Å²) in [5.74, 6) is 0. The minimum Gasteiger partial charge on any atom is -0.302 e. The summed E-state index contributed by atoms with van der Waals surface area (Å²) in [6.45, 7) is 5.48. The zero-order valence-electron chi connectivity index (χ0n) is 8.87. The van der Waals surface area contributed by atoms with E-state index in [0.717, 1.165) is 13.0 Å². The monoisotopic (exact) mass is 208 g/mol. The van der Waals surface area contributed by atoms with E-state index in [2.05, 4.69) is 23.5 Å². The number of rotatable bonds is 6. The van der Waals surface area contributed by atoms with Crippen LogP contribution in [0.2, 0.25) is 0 Å². The minimum absolute atomic E-state index is 0.486. The van der Waals surface area contributed by atoms with Crippen molar-refractivity contribution in [2.45, 2.75) is 26.3 Å². The topological polar surface area (TPSA) is 49.4 Å². The number of likely N-dealkylation sites (N-methyl/N-ethyl adjacent to an activating group) is 1. The van der Waals surface area contributed by atoms with Crippen molar-refractivity contribution < 1.29 is 8.42 Å².